The van der Waals surface area contributed by atoms with E-state index in [0.717, 1.165) is 0 Å². The van der Waals surface area contributed by atoms with Crippen molar-refractivity contribution in [2.75, 3.05) is 0 Å². The number of nitrogens with zero attached hydrogens (tertiary/aromatic N) is 1. The number of halogens is 1. The van der Waals surface area contributed by atoms with Gasteiger partial charge in [-0.2, -0.15) is 0 Å². The van der Waals surface area contributed by atoms with E-state index in [1.807, 2.05) is 6.92 Å². The third-order valence-corrected chi connectivity index (χ3v) is 0.719. The molecule has 0 saturated heterocycles. The van der Waals surface area contributed by atoms with Crippen LogP contribution < -0.4 is 0 Å². The Morgan fingerprint density at radius 3 is 2.57 bits per heavy atom. The summed E-state index contributed by atoms with van der Waals surface area (Å²) >= 11 is 2.22. The minimum Gasteiger partial charge on any atom is -0.280 e. The van der Waals surface area contributed by atoms with Crippen molar-refractivity contribution < 1.29 is 0 Å². The predicted octanol–water partition coefficient (Wildman–Crippen LogP) is 2.02. The lowest BCUT2D eigenvalue weighted by Crippen LogP contribution is -1.79. The molecule has 1 atom stereocenters. The predicted molar refractivity (Wildman–Crippen MR) is 42.2 cm³/mol. The molecule has 0 spiro atoms. The van der Waals surface area contributed by atoms with Crippen molar-refractivity contribution in [1.82, 2.24) is 0 Å². The van der Waals surface area contributed by atoms with Crippen molar-refractivity contribution in [3.05, 3.63) is 12.7 Å². The van der Waals surface area contributed by atoms with E-state index in [1.54, 1.807) is 12.3 Å². The van der Waals surface area contributed by atoms with E-state index < -0.39 is 0 Å². The maximum Gasteiger partial charge on any atom is 0.0982 e. The van der Waals surface area contributed by atoms with E-state index in [2.05, 4.69) is 34.2 Å². The van der Waals surface area contributed by atoms with Crippen LogP contribution in [0.2, 0.25) is 0 Å². The van der Waals surface area contributed by atoms with Crippen LogP contribution in [0, 0.1) is 0 Å². The highest BCUT2D eigenvalue weighted by atomic mass is 127. The normalized spacial score (nSPS) is 14.6. The van der Waals surface area contributed by atoms with Gasteiger partial charge in [-0.15, -0.1) is 0 Å². The maximum atomic E-state index is 3.99. The second-order valence-corrected chi connectivity index (χ2v) is 2.91. The number of hydrogen-bond donors (Lipinski definition) is 0. The third kappa shape index (κ3) is 6.14. The van der Waals surface area contributed by atoms with Gasteiger partial charge in [0.25, 0.3) is 0 Å². The van der Waals surface area contributed by atoms with Gasteiger partial charge in [-0.1, -0.05) is 35.2 Å². The largest absolute Gasteiger partial charge is 0.280 e. The molecule has 7 heavy (non-hydrogen) atoms. The molecule has 0 aromatic heterocycles. The van der Waals surface area contributed by atoms with Gasteiger partial charge in [0.15, 0.2) is 0 Å². The Hall–Kier alpha value is 0.140. The third-order valence-electron chi connectivity index (χ3n) is 0.397. The Bertz CT molecular complexity index is 76.1. The van der Waals surface area contributed by atoms with Crippen LogP contribution in [-0.2, 0) is 0 Å². The van der Waals surface area contributed by atoms with E-state index in [4.69, 9.17) is 0 Å². The van der Waals surface area contributed by atoms with Gasteiger partial charge >= 0.3 is 0 Å². The summed E-state index contributed by atoms with van der Waals surface area (Å²) in [6.45, 7) is 5.49. The Labute approximate surface area is 57.7 Å². The summed E-state index contributed by atoms with van der Waals surface area (Å²) in [6, 6.07) is 0. The smallest absolute Gasteiger partial charge is 0.0982 e. The quantitative estimate of drug-likeness (QED) is 0.285. The van der Waals surface area contributed by atoms with Crippen LogP contribution in [0.15, 0.2) is 17.6 Å². The monoisotopic (exact) mass is 209 g/mol. The summed E-state index contributed by atoms with van der Waals surface area (Å²) in [5.74, 6) is 0. The lowest BCUT2D eigenvalue weighted by atomic mass is 10.7. The molecule has 2 heteroatoms. The molecular formula is C5H8IN. The van der Waals surface area contributed by atoms with Crippen molar-refractivity contribution in [2.45, 2.75) is 11.0 Å². The number of rotatable bonds is 2. The van der Waals surface area contributed by atoms with Crippen LogP contribution in [0.3, 0.4) is 0 Å². The van der Waals surface area contributed by atoms with E-state index in [-0.39, 0.29) is 0 Å². The highest BCUT2D eigenvalue weighted by Crippen LogP contribution is 1.96. The van der Waals surface area contributed by atoms with E-state index in [1.165, 1.54) is 0 Å². The fourth-order valence-electron chi connectivity index (χ4n) is 0.179. The molecule has 40 valence electrons. The van der Waals surface area contributed by atoms with Crippen molar-refractivity contribution in [2.24, 2.45) is 4.99 Å². The lowest BCUT2D eigenvalue weighted by Gasteiger charge is -1.86. The van der Waals surface area contributed by atoms with Crippen LogP contribution in [0.5, 0.6) is 0 Å². The first-order valence-electron chi connectivity index (χ1n) is 2.05. The second-order valence-electron chi connectivity index (χ2n) is 1.11. The molecule has 0 heterocycles. The van der Waals surface area contributed by atoms with Gasteiger partial charge in [-0.3, -0.25) is 4.99 Å². The van der Waals surface area contributed by atoms with E-state index in [9.17, 15) is 0 Å². The Kier molecular flexibility index (Phi) is 4.39. The highest BCUT2D eigenvalue weighted by Gasteiger charge is 1.80. The molecule has 0 aromatic carbocycles. The van der Waals surface area contributed by atoms with Gasteiger partial charge in [0.05, 0.1) is 4.05 Å². The molecule has 1 nitrogen and oxygen atoms in total. The molecular weight excluding hydrogens is 201 g/mol. The fourth-order valence-corrected chi connectivity index (χ4v) is 0.365. The maximum absolute atomic E-state index is 3.99. The zero-order valence-electron chi connectivity index (χ0n) is 4.26. The van der Waals surface area contributed by atoms with Gasteiger partial charge in [-0.25, -0.2) is 0 Å². The summed E-state index contributed by atoms with van der Waals surface area (Å²) < 4.78 is 0.371. The molecule has 0 aliphatic rings. The van der Waals surface area contributed by atoms with Gasteiger partial charge < -0.3 is 0 Å². The zero-order valence-corrected chi connectivity index (χ0v) is 6.42. The number of hydrogen-bond acceptors (Lipinski definition) is 1. The van der Waals surface area contributed by atoms with Crippen LogP contribution in [0.25, 0.3) is 0 Å². The van der Waals surface area contributed by atoms with E-state index in [0.29, 0.717) is 4.05 Å². The molecule has 0 aromatic rings. The summed E-state index contributed by atoms with van der Waals surface area (Å²) in [7, 11) is 0. The Morgan fingerprint density at radius 2 is 2.43 bits per heavy atom. The van der Waals surface area contributed by atoms with Gasteiger partial charge in [0, 0.05) is 6.21 Å². The molecule has 0 saturated carbocycles. The first-order valence-corrected chi connectivity index (χ1v) is 3.30. The SMILES string of the molecule is C=CC=N[C@H](C)I. The van der Waals surface area contributed by atoms with Crippen molar-refractivity contribution in [3.8, 4) is 0 Å². The van der Waals surface area contributed by atoms with Crippen LogP contribution in [-0.4, -0.2) is 10.3 Å². The molecule has 0 rings (SSSR count). The molecule has 0 fully saturated rings. The number of allylic oxidation sites excluding steroid dienone is 1. The van der Waals surface area contributed by atoms with Crippen LogP contribution >= 0.6 is 22.6 Å². The van der Waals surface area contributed by atoms with Gasteiger partial charge in [-0.05, 0) is 6.92 Å². The van der Waals surface area contributed by atoms with Crippen molar-refractivity contribution >= 4 is 28.8 Å². The summed E-state index contributed by atoms with van der Waals surface area (Å²) in [5, 5.41) is 0. The number of aliphatic imine (C=N–C) groups is 1. The second kappa shape index (κ2) is 4.30. The first kappa shape index (κ1) is 7.14. The van der Waals surface area contributed by atoms with Gasteiger partial charge in [0.2, 0.25) is 0 Å². The molecule has 0 N–H and O–H groups in total. The minimum absolute atomic E-state index is 0.371. The first-order chi connectivity index (χ1) is 3.27. The molecule has 0 radical (unpaired) electrons. The van der Waals surface area contributed by atoms with Gasteiger partial charge in [0.1, 0.15) is 0 Å². The highest BCUT2D eigenvalue weighted by molar-refractivity contribution is 14.1. The average Bonchev–Trinajstić information content (AvgIpc) is 1.61. The standard InChI is InChI=1S/C5H8IN/c1-3-4-7-5(2)6/h3-5H,1H2,2H3/t5-/m1/s1. The summed E-state index contributed by atoms with van der Waals surface area (Å²) in [5.41, 5.74) is 0. The van der Waals surface area contributed by atoms with Crippen molar-refractivity contribution in [1.29, 1.82) is 0 Å². The molecule has 0 bridgehead atoms. The van der Waals surface area contributed by atoms with Crippen LogP contribution in [0.1, 0.15) is 6.92 Å². The fraction of sp³-hybridized carbons (Fsp3) is 0.400. The summed E-state index contributed by atoms with van der Waals surface area (Å²) in [4.78, 5) is 3.99. The number of alkyl halides is 1. The Balaban J connectivity index is 3.25. The molecule has 0 amide bonds. The Morgan fingerprint density at radius 1 is 1.86 bits per heavy atom. The van der Waals surface area contributed by atoms with Crippen LogP contribution in [0.4, 0.5) is 0 Å². The zero-order chi connectivity index (χ0) is 5.70. The van der Waals surface area contributed by atoms with E-state index >= 15 is 0 Å². The topological polar surface area (TPSA) is 12.4 Å². The minimum atomic E-state index is 0.371. The molecule has 0 aliphatic carbocycles. The lowest BCUT2D eigenvalue weighted by molar-refractivity contribution is 1.10. The van der Waals surface area contributed by atoms with Crippen molar-refractivity contribution in [3.63, 3.8) is 0 Å². The molecule has 0 aliphatic heterocycles. The summed E-state index contributed by atoms with van der Waals surface area (Å²) in [6.07, 6.45) is 3.38. The average molecular weight is 209 g/mol. The molecule has 0 unspecified atom stereocenters.